The van der Waals surface area contributed by atoms with Gasteiger partial charge < -0.3 is 10.4 Å². The second kappa shape index (κ2) is 6.59. The number of aromatic nitrogens is 3. The number of pyridine rings is 1. The summed E-state index contributed by atoms with van der Waals surface area (Å²) in [6, 6.07) is 6.63. The third-order valence-corrected chi connectivity index (χ3v) is 4.15. The van der Waals surface area contributed by atoms with E-state index in [2.05, 4.69) is 15.4 Å². The maximum absolute atomic E-state index is 12.8. The number of aryl methyl sites for hydroxylation is 2. The molecule has 0 radical (unpaired) electrons. The molecule has 1 aromatic carbocycles. The van der Waals surface area contributed by atoms with Crippen molar-refractivity contribution in [2.75, 3.05) is 5.32 Å². The van der Waals surface area contributed by atoms with E-state index in [0.29, 0.717) is 33.5 Å². The minimum absolute atomic E-state index is 0.118. The first-order valence-electron chi connectivity index (χ1n) is 8.28. The number of fused-ring (bicyclic) bond motifs is 1. The van der Waals surface area contributed by atoms with Gasteiger partial charge in [-0.15, -0.1) is 0 Å². The van der Waals surface area contributed by atoms with E-state index in [1.807, 2.05) is 20.8 Å². The van der Waals surface area contributed by atoms with Crippen LogP contribution < -0.4 is 5.32 Å². The lowest BCUT2D eigenvalue weighted by Gasteiger charge is -2.10. The maximum atomic E-state index is 12.8. The predicted molar refractivity (Wildman–Crippen MR) is 98.7 cm³/mol. The predicted octanol–water partition coefficient (Wildman–Crippen LogP) is 3.58. The van der Waals surface area contributed by atoms with Crippen molar-refractivity contribution in [3.05, 3.63) is 52.8 Å². The lowest BCUT2D eigenvalue weighted by atomic mass is 10.1. The fourth-order valence-electron chi connectivity index (χ4n) is 2.84. The number of benzene rings is 1. The molecule has 2 heterocycles. The zero-order chi connectivity index (χ0) is 19.0. The van der Waals surface area contributed by atoms with E-state index >= 15 is 0 Å². The molecule has 3 aromatic rings. The summed E-state index contributed by atoms with van der Waals surface area (Å²) in [6.45, 7) is 7.53. The molecular formula is C19H20N4O3. The number of rotatable bonds is 4. The Morgan fingerprint density at radius 2 is 1.88 bits per heavy atom. The average molecular weight is 352 g/mol. The molecule has 0 aliphatic carbocycles. The second-order valence-electron chi connectivity index (χ2n) is 6.52. The first-order chi connectivity index (χ1) is 12.3. The molecule has 0 bridgehead atoms. The highest BCUT2D eigenvalue weighted by molar-refractivity contribution is 6.12. The molecule has 0 atom stereocenters. The van der Waals surface area contributed by atoms with Gasteiger partial charge in [-0.1, -0.05) is 6.07 Å². The molecule has 1 amide bonds. The summed E-state index contributed by atoms with van der Waals surface area (Å²) < 4.78 is 1.77. The van der Waals surface area contributed by atoms with Gasteiger partial charge in [-0.3, -0.25) is 4.79 Å². The summed E-state index contributed by atoms with van der Waals surface area (Å²) in [5, 5.41) is 17.0. The van der Waals surface area contributed by atoms with Crippen molar-refractivity contribution in [2.24, 2.45) is 0 Å². The summed E-state index contributed by atoms with van der Waals surface area (Å²) in [4.78, 5) is 28.6. The molecule has 0 fully saturated rings. The lowest BCUT2D eigenvalue weighted by Crippen LogP contribution is -2.14. The maximum Gasteiger partial charge on any atom is 0.336 e. The minimum Gasteiger partial charge on any atom is -0.478 e. The van der Waals surface area contributed by atoms with Crippen LogP contribution in [0.15, 0.2) is 30.5 Å². The molecule has 26 heavy (non-hydrogen) atoms. The molecule has 0 saturated heterocycles. The summed E-state index contributed by atoms with van der Waals surface area (Å²) >= 11 is 0. The zero-order valence-corrected chi connectivity index (χ0v) is 15.1. The number of hydrogen-bond acceptors (Lipinski definition) is 4. The van der Waals surface area contributed by atoms with Gasteiger partial charge in [-0.25, -0.2) is 14.5 Å². The highest BCUT2D eigenvalue weighted by atomic mass is 16.4. The number of nitrogens with one attached hydrogen (secondary N) is 1. The molecule has 7 nitrogen and oxygen atoms in total. The number of carbonyl (C=O) groups excluding carboxylic acids is 1. The van der Waals surface area contributed by atoms with Crippen LogP contribution in [0.3, 0.4) is 0 Å². The van der Waals surface area contributed by atoms with Crippen molar-refractivity contribution in [3.63, 3.8) is 0 Å². The van der Waals surface area contributed by atoms with Crippen molar-refractivity contribution in [1.29, 1.82) is 0 Å². The van der Waals surface area contributed by atoms with E-state index in [1.54, 1.807) is 36.0 Å². The lowest BCUT2D eigenvalue weighted by molar-refractivity contribution is 0.0695. The standard InChI is InChI=1S/C19H20N4O3/c1-10(2)23-17-16(9-20-23)15(7-12(4)21-17)18(24)22-13-6-5-11(3)14(8-13)19(25)26/h5-10H,1-4H3,(H,22,24)(H,25,26). The van der Waals surface area contributed by atoms with Crippen LogP contribution >= 0.6 is 0 Å². The second-order valence-corrected chi connectivity index (χ2v) is 6.52. The molecule has 0 aliphatic heterocycles. The number of hydrogen-bond donors (Lipinski definition) is 2. The quantitative estimate of drug-likeness (QED) is 0.748. The molecule has 2 N–H and O–H groups in total. The van der Waals surface area contributed by atoms with Gasteiger partial charge >= 0.3 is 5.97 Å². The molecule has 7 heteroatoms. The van der Waals surface area contributed by atoms with Crippen molar-refractivity contribution >= 4 is 28.6 Å². The van der Waals surface area contributed by atoms with E-state index in [4.69, 9.17) is 0 Å². The van der Waals surface area contributed by atoms with Crippen LogP contribution in [-0.4, -0.2) is 31.7 Å². The van der Waals surface area contributed by atoms with Crippen LogP contribution in [-0.2, 0) is 0 Å². The molecule has 0 saturated carbocycles. The third-order valence-electron chi connectivity index (χ3n) is 4.15. The van der Waals surface area contributed by atoms with Crippen LogP contribution in [0.2, 0.25) is 0 Å². The monoisotopic (exact) mass is 352 g/mol. The fraction of sp³-hybridized carbons (Fsp3) is 0.263. The Morgan fingerprint density at radius 1 is 1.15 bits per heavy atom. The molecule has 2 aromatic heterocycles. The molecular weight excluding hydrogens is 332 g/mol. The number of aromatic carboxylic acids is 1. The van der Waals surface area contributed by atoms with Gasteiger partial charge in [0.2, 0.25) is 0 Å². The fourth-order valence-corrected chi connectivity index (χ4v) is 2.84. The Kier molecular flexibility index (Phi) is 4.46. The van der Waals surface area contributed by atoms with Crippen LogP contribution in [0.25, 0.3) is 11.0 Å². The zero-order valence-electron chi connectivity index (χ0n) is 15.1. The number of carboxylic acid groups (broad SMARTS) is 1. The largest absolute Gasteiger partial charge is 0.478 e. The summed E-state index contributed by atoms with van der Waals surface area (Å²) in [5.74, 6) is -1.36. The first kappa shape index (κ1) is 17.6. The molecule has 0 unspecified atom stereocenters. The van der Waals surface area contributed by atoms with E-state index < -0.39 is 5.97 Å². The Labute approximate surface area is 150 Å². The topological polar surface area (TPSA) is 97.1 Å². The Bertz CT molecular complexity index is 1020. The number of amides is 1. The molecule has 0 aliphatic rings. The molecule has 134 valence electrons. The summed E-state index contributed by atoms with van der Waals surface area (Å²) in [7, 11) is 0. The number of anilines is 1. The summed E-state index contributed by atoms with van der Waals surface area (Å²) in [6.07, 6.45) is 1.63. The first-order valence-corrected chi connectivity index (χ1v) is 8.28. The van der Waals surface area contributed by atoms with Crippen molar-refractivity contribution in [3.8, 4) is 0 Å². The number of carboxylic acids is 1. The van der Waals surface area contributed by atoms with E-state index in [9.17, 15) is 14.7 Å². The highest BCUT2D eigenvalue weighted by Gasteiger charge is 2.17. The smallest absolute Gasteiger partial charge is 0.336 e. The van der Waals surface area contributed by atoms with Crippen molar-refractivity contribution in [1.82, 2.24) is 14.8 Å². The normalized spacial score (nSPS) is 11.1. The highest BCUT2D eigenvalue weighted by Crippen LogP contribution is 2.23. The van der Waals surface area contributed by atoms with Gasteiger partial charge in [0.15, 0.2) is 5.65 Å². The van der Waals surface area contributed by atoms with E-state index in [-0.39, 0.29) is 17.5 Å². The van der Waals surface area contributed by atoms with E-state index in [1.165, 1.54) is 6.07 Å². The Morgan fingerprint density at radius 3 is 2.54 bits per heavy atom. The Balaban J connectivity index is 2.01. The number of carbonyl (C=O) groups is 2. The van der Waals surface area contributed by atoms with Gasteiger partial charge in [0.1, 0.15) is 0 Å². The van der Waals surface area contributed by atoms with Gasteiger partial charge in [-0.2, -0.15) is 5.10 Å². The summed E-state index contributed by atoms with van der Waals surface area (Å²) in [5.41, 5.74) is 3.04. The molecule has 3 rings (SSSR count). The minimum atomic E-state index is -1.03. The van der Waals surface area contributed by atoms with E-state index in [0.717, 1.165) is 0 Å². The number of nitrogens with zero attached hydrogens (tertiary/aromatic N) is 3. The SMILES string of the molecule is Cc1cc(C(=O)Nc2ccc(C)c(C(=O)O)c2)c2cnn(C(C)C)c2n1. The average Bonchev–Trinajstić information content (AvgIpc) is 2.99. The Hall–Kier alpha value is -3.22. The molecule has 0 spiro atoms. The van der Waals surface area contributed by atoms with Crippen LogP contribution in [0.4, 0.5) is 5.69 Å². The van der Waals surface area contributed by atoms with Crippen molar-refractivity contribution in [2.45, 2.75) is 33.7 Å². The van der Waals surface area contributed by atoms with Crippen molar-refractivity contribution < 1.29 is 14.7 Å². The van der Waals surface area contributed by atoms with Gasteiger partial charge in [-0.05, 0) is 51.5 Å². The van der Waals surface area contributed by atoms with Crippen LogP contribution in [0, 0.1) is 13.8 Å². The van der Waals surface area contributed by atoms with Gasteiger partial charge in [0, 0.05) is 17.4 Å². The van der Waals surface area contributed by atoms with Gasteiger partial charge in [0.05, 0.1) is 22.7 Å². The van der Waals surface area contributed by atoms with Crippen LogP contribution in [0.1, 0.15) is 51.9 Å². The third kappa shape index (κ3) is 3.15. The van der Waals surface area contributed by atoms with Crippen LogP contribution in [0.5, 0.6) is 0 Å². The van der Waals surface area contributed by atoms with Gasteiger partial charge in [0.25, 0.3) is 5.91 Å².